The zero-order valence-corrected chi connectivity index (χ0v) is 9.78. The van der Waals surface area contributed by atoms with Crippen LogP contribution in [-0.4, -0.2) is 11.5 Å². The van der Waals surface area contributed by atoms with E-state index in [1.165, 1.54) is 31.9 Å². The molecule has 0 spiro atoms. The van der Waals surface area contributed by atoms with Crippen LogP contribution in [0, 0.1) is 5.21 Å². The van der Waals surface area contributed by atoms with Gasteiger partial charge in [0, 0.05) is 12.6 Å². The van der Waals surface area contributed by atoms with E-state index in [1.54, 1.807) is 6.07 Å². The molecule has 0 amide bonds. The molecule has 3 N–H and O–H groups in total. The van der Waals surface area contributed by atoms with Crippen molar-refractivity contribution in [1.29, 1.82) is 0 Å². The largest absolute Gasteiger partial charge is 0.754 e. The molecule has 0 aliphatic heterocycles. The number of hydrogen-bond acceptors (Lipinski definition) is 4. The average Bonchev–Trinajstić information content (AvgIpc) is 2.29. The summed E-state index contributed by atoms with van der Waals surface area (Å²) in [4.78, 5) is 3.70. The Bertz CT molecular complexity index is 317. The molecule has 1 aromatic rings. The average molecular weight is 224 g/mol. The van der Waals surface area contributed by atoms with E-state index in [9.17, 15) is 5.21 Å². The van der Waals surface area contributed by atoms with E-state index < -0.39 is 0 Å². The summed E-state index contributed by atoms with van der Waals surface area (Å²) in [5.41, 5.74) is 5.39. The van der Waals surface area contributed by atoms with Crippen LogP contribution in [0.5, 0.6) is 0 Å². The van der Waals surface area contributed by atoms with Crippen molar-refractivity contribution >= 4 is 11.8 Å². The van der Waals surface area contributed by atoms with Gasteiger partial charge in [-0.05, 0) is 6.42 Å². The number of nitrogens with two attached hydrogens (primary N) is 1. The maximum absolute atomic E-state index is 11.4. The number of anilines is 2. The van der Waals surface area contributed by atoms with Crippen molar-refractivity contribution in [3.63, 3.8) is 0 Å². The lowest BCUT2D eigenvalue weighted by Gasteiger charge is -2.12. The molecule has 5 nitrogen and oxygen atoms in total. The summed E-state index contributed by atoms with van der Waals surface area (Å²) in [6.07, 6.45) is 7.58. The number of hydrogen-bond donors (Lipinski definition) is 2. The van der Waals surface area contributed by atoms with E-state index in [4.69, 9.17) is 5.73 Å². The Morgan fingerprint density at radius 3 is 2.88 bits per heavy atom. The van der Waals surface area contributed by atoms with Crippen LogP contribution in [0.1, 0.15) is 39.0 Å². The molecule has 0 fully saturated rings. The number of nitrogens with one attached hydrogen (secondary N) is 1. The molecule has 0 saturated carbocycles. The van der Waals surface area contributed by atoms with Crippen molar-refractivity contribution in [2.45, 2.75) is 39.0 Å². The van der Waals surface area contributed by atoms with Gasteiger partial charge in [0.25, 0.3) is 0 Å². The van der Waals surface area contributed by atoms with E-state index in [2.05, 4.69) is 17.2 Å². The number of unbranched alkanes of at least 4 members (excludes halogenated alkanes) is 4. The Morgan fingerprint density at radius 2 is 2.12 bits per heavy atom. The third-order valence-electron chi connectivity index (χ3n) is 2.45. The van der Waals surface area contributed by atoms with E-state index in [1.807, 2.05) is 0 Å². The number of rotatable bonds is 7. The molecular weight excluding hydrogens is 204 g/mol. The summed E-state index contributed by atoms with van der Waals surface area (Å²) in [6.45, 7) is 2.99. The van der Waals surface area contributed by atoms with Gasteiger partial charge < -0.3 is 16.3 Å². The van der Waals surface area contributed by atoms with Crippen LogP contribution in [0.15, 0.2) is 12.3 Å². The number of nitrogens with zero attached hydrogens (tertiary/aromatic N) is 2. The summed E-state index contributed by atoms with van der Waals surface area (Å²) in [7, 11) is 0. The van der Waals surface area contributed by atoms with E-state index >= 15 is 0 Å². The van der Waals surface area contributed by atoms with E-state index in [-0.39, 0.29) is 5.95 Å². The lowest BCUT2D eigenvalue weighted by molar-refractivity contribution is -0.577. The zero-order valence-electron chi connectivity index (χ0n) is 9.78. The maximum Gasteiger partial charge on any atom is 0.343 e. The molecule has 16 heavy (non-hydrogen) atoms. The van der Waals surface area contributed by atoms with Crippen molar-refractivity contribution in [1.82, 2.24) is 4.98 Å². The van der Waals surface area contributed by atoms with Gasteiger partial charge in [-0.3, -0.25) is 0 Å². The minimum Gasteiger partial charge on any atom is -0.754 e. The molecule has 0 atom stereocenters. The molecule has 0 bridgehead atoms. The summed E-state index contributed by atoms with van der Waals surface area (Å²) in [5.74, 6) is 0.457. The minimum absolute atomic E-state index is 0.0176. The Hall–Kier alpha value is -1.52. The van der Waals surface area contributed by atoms with E-state index in [0.717, 1.165) is 13.0 Å². The van der Waals surface area contributed by atoms with Crippen molar-refractivity contribution in [3.05, 3.63) is 17.5 Å². The molecule has 0 unspecified atom stereocenters. The molecule has 0 radical (unpaired) electrons. The van der Waals surface area contributed by atoms with Crippen molar-refractivity contribution < 1.29 is 4.73 Å². The molecule has 1 rings (SSSR count). The van der Waals surface area contributed by atoms with E-state index in [0.29, 0.717) is 10.5 Å². The highest BCUT2D eigenvalue weighted by Crippen LogP contribution is 2.04. The molecule has 1 heterocycles. The Morgan fingerprint density at radius 1 is 1.38 bits per heavy atom. The molecule has 0 aromatic carbocycles. The fourth-order valence-electron chi connectivity index (χ4n) is 1.50. The third kappa shape index (κ3) is 3.92. The Kier molecular flexibility index (Phi) is 5.39. The Balaban J connectivity index is 2.24. The first kappa shape index (κ1) is 12.5. The van der Waals surface area contributed by atoms with Gasteiger partial charge in [0.2, 0.25) is 0 Å². The number of nitrogen functional groups attached to an aromatic ring is 1. The quantitative estimate of drug-likeness (QED) is 0.419. The van der Waals surface area contributed by atoms with Gasteiger partial charge in [0.15, 0.2) is 5.82 Å². The molecule has 90 valence electrons. The zero-order chi connectivity index (χ0) is 11.8. The molecular formula is C11H20N4O. The first-order valence-electron chi connectivity index (χ1n) is 5.83. The van der Waals surface area contributed by atoms with Crippen LogP contribution in [-0.2, 0) is 0 Å². The summed E-state index contributed by atoms with van der Waals surface area (Å²) in [6, 6.07) is 1.63. The van der Waals surface area contributed by atoms with Crippen LogP contribution in [0.25, 0.3) is 0 Å². The highest BCUT2D eigenvalue weighted by molar-refractivity contribution is 5.29. The molecule has 0 saturated heterocycles. The van der Waals surface area contributed by atoms with Gasteiger partial charge in [-0.1, -0.05) is 32.6 Å². The predicted octanol–water partition coefficient (Wildman–Crippen LogP) is 1.68. The van der Waals surface area contributed by atoms with Crippen LogP contribution in [0.3, 0.4) is 0 Å². The second-order valence-electron chi connectivity index (χ2n) is 3.82. The van der Waals surface area contributed by atoms with Crippen LogP contribution in [0.2, 0.25) is 0 Å². The second-order valence-corrected chi connectivity index (χ2v) is 3.82. The van der Waals surface area contributed by atoms with Gasteiger partial charge in [-0.2, -0.15) is 0 Å². The van der Waals surface area contributed by atoms with Gasteiger partial charge in [-0.15, -0.1) is 4.98 Å². The fraction of sp³-hybridized carbons (Fsp3) is 0.636. The normalized spacial score (nSPS) is 10.3. The fourth-order valence-corrected chi connectivity index (χ4v) is 1.50. The Labute approximate surface area is 96.3 Å². The summed E-state index contributed by atoms with van der Waals surface area (Å²) < 4.78 is 0.617. The lowest BCUT2D eigenvalue weighted by atomic mass is 10.1. The smallest absolute Gasteiger partial charge is 0.343 e. The second kappa shape index (κ2) is 6.87. The van der Waals surface area contributed by atoms with Crippen molar-refractivity contribution in [2.75, 3.05) is 17.6 Å². The van der Waals surface area contributed by atoms with Crippen LogP contribution >= 0.6 is 0 Å². The minimum atomic E-state index is -0.0176. The maximum atomic E-state index is 11.4. The topological polar surface area (TPSA) is 77.9 Å². The molecule has 1 aromatic heterocycles. The monoisotopic (exact) mass is 224 g/mol. The van der Waals surface area contributed by atoms with Crippen LogP contribution in [0.4, 0.5) is 11.8 Å². The van der Waals surface area contributed by atoms with Gasteiger partial charge in [-0.25, -0.2) is 4.73 Å². The van der Waals surface area contributed by atoms with Gasteiger partial charge in [0.05, 0.1) is 6.20 Å². The van der Waals surface area contributed by atoms with Crippen LogP contribution < -0.4 is 15.8 Å². The van der Waals surface area contributed by atoms with Crippen molar-refractivity contribution in [2.24, 2.45) is 0 Å². The molecule has 5 heteroatoms. The summed E-state index contributed by atoms with van der Waals surface area (Å²) in [5, 5.41) is 14.5. The van der Waals surface area contributed by atoms with Gasteiger partial charge in [0.1, 0.15) is 0 Å². The first-order valence-corrected chi connectivity index (χ1v) is 5.83. The third-order valence-corrected chi connectivity index (χ3v) is 2.45. The SMILES string of the molecule is CCCCCCCNc1ccnc(N)[n+]1[O-]. The lowest BCUT2D eigenvalue weighted by Crippen LogP contribution is -2.35. The molecule has 0 aliphatic carbocycles. The predicted molar refractivity (Wildman–Crippen MR) is 64.9 cm³/mol. The molecule has 0 aliphatic rings. The first-order chi connectivity index (χ1) is 7.75. The summed E-state index contributed by atoms with van der Waals surface area (Å²) >= 11 is 0. The highest BCUT2D eigenvalue weighted by Gasteiger charge is 2.02. The highest BCUT2D eigenvalue weighted by atomic mass is 16.5. The van der Waals surface area contributed by atoms with Crippen molar-refractivity contribution in [3.8, 4) is 0 Å². The standard InChI is InChI=1S/C11H20N4O/c1-2-3-4-5-6-8-13-10-7-9-14-11(12)15(10)16/h7,9,13H,2-6,8H2,1H3,(H2,12,14). The van der Waals surface area contributed by atoms with Gasteiger partial charge >= 0.3 is 5.95 Å². The number of aromatic nitrogens is 2.